The average Bonchev–Trinajstić information content (AvgIpc) is 3.21. The Morgan fingerprint density at radius 1 is 1.23 bits per heavy atom. The molecule has 0 N–H and O–H groups in total. The molecule has 4 rings (SSSR count). The summed E-state index contributed by atoms with van der Waals surface area (Å²) in [6.07, 6.45) is 1.77. The van der Waals surface area contributed by atoms with Gasteiger partial charge in [0.2, 0.25) is 0 Å². The van der Waals surface area contributed by atoms with E-state index in [0.29, 0.717) is 10.8 Å². The zero-order valence-corrected chi connectivity index (χ0v) is 19.1. The van der Waals surface area contributed by atoms with Crippen LogP contribution in [-0.2, 0) is 9.53 Å². The van der Waals surface area contributed by atoms with Crippen molar-refractivity contribution in [3.63, 3.8) is 0 Å². The van der Waals surface area contributed by atoms with Crippen LogP contribution in [0.3, 0.4) is 0 Å². The summed E-state index contributed by atoms with van der Waals surface area (Å²) in [6, 6.07) is 7.10. The normalized spacial score (nSPS) is 15.8. The van der Waals surface area contributed by atoms with Gasteiger partial charge in [-0.25, -0.2) is 0 Å². The maximum atomic E-state index is 12.6. The summed E-state index contributed by atoms with van der Waals surface area (Å²) in [5, 5.41) is 10.1. The summed E-state index contributed by atoms with van der Waals surface area (Å²) in [4.78, 5) is 18.9. The molecule has 30 heavy (non-hydrogen) atoms. The van der Waals surface area contributed by atoms with Crippen LogP contribution in [0.25, 0.3) is 5.00 Å². The highest BCUT2D eigenvalue weighted by Crippen LogP contribution is 2.38. The Morgan fingerprint density at radius 3 is 2.60 bits per heavy atom. The van der Waals surface area contributed by atoms with E-state index in [2.05, 4.69) is 24.0 Å². The minimum absolute atomic E-state index is 0.0834. The summed E-state index contributed by atoms with van der Waals surface area (Å²) in [5.41, 5.74) is 3.38. The highest BCUT2D eigenvalue weighted by molar-refractivity contribution is 7.15. The number of benzene rings is 1. The molecule has 0 fully saturated rings. The SMILES string of the molecule is Cc1sc2c(c1C)C(c1ccc(Cl)cc1)=NC(CC(=O)OC(C)(C)C)c1nncn1-2. The Balaban J connectivity index is 1.87. The number of aromatic nitrogens is 3. The first kappa shape index (κ1) is 20.8. The molecule has 1 aliphatic rings. The van der Waals surface area contributed by atoms with E-state index in [1.807, 2.05) is 49.6 Å². The van der Waals surface area contributed by atoms with Crippen molar-refractivity contribution in [2.45, 2.75) is 52.7 Å². The lowest BCUT2D eigenvalue weighted by atomic mass is 10.00. The number of fused-ring (bicyclic) bond motifs is 3. The van der Waals surface area contributed by atoms with Crippen LogP contribution in [0.15, 0.2) is 35.6 Å². The molecule has 1 aromatic carbocycles. The number of halogens is 1. The Morgan fingerprint density at radius 2 is 1.93 bits per heavy atom. The van der Waals surface area contributed by atoms with Gasteiger partial charge in [-0.1, -0.05) is 23.7 Å². The fraction of sp³-hybridized carbons (Fsp3) is 0.364. The van der Waals surface area contributed by atoms with Gasteiger partial charge in [0.05, 0.1) is 12.1 Å². The number of nitrogens with zero attached hydrogens (tertiary/aromatic N) is 4. The zero-order valence-electron chi connectivity index (χ0n) is 17.6. The predicted molar refractivity (Wildman–Crippen MR) is 119 cm³/mol. The van der Waals surface area contributed by atoms with Gasteiger partial charge in [-0.3, -0.25) is 14.4 Å². The van der Waals surface area contributed by atoms with E-state index in [-0.39, 0.29) is 12.4 Å². The Hall–Kier alpha value is -2.51. The van der Waals surface area contributed by atoms with Crippen LogP contribution in [0.2, 0.25) is 5.02 Å². The standard InChI is InChI=1S/C22H23ClN4O2S/c1-12-13(2)30-21-18(12)19(14-6-8-15(23)9-7-14)25-16(20-26-24-11-27(20)21)10-17(28)29-22(3,4)5/h6-9,11,16H,10H2,1-5H3. The number of carbonyl (C=O) groups is 1. The van der Waals surface area contributed by atoms with E-state index >= 15 is 0 Å². The van der Waals surface area contributed by atoms with E-state index in [1.54, 1.807) is 17.7 Å². The second kappa shape index (κ2) is 7.63. The third-order valence-electron chi connectivity index (χ3n) is 4.88. The highest BCUT2D eigenvalue weighted by atomic mass is 35.5. The molecule has 1 aliphatic heterocycles. The molecule has 3 heterocycles. The van der Waals surface area contributed by atoms with Crippen molar-refractivity contribution < 1.29 is 9.53 Å². The van der Waals surface area contributed by atoms with E-state index in [4.69, 9.17) is 21.3 Å². The molecule has 0 spiro atoms. The molecule has 1 unspecified atom stereocenters. The molecule has 0 saturated carbocycles. The number of aryl methyl sites for hydroxylation is 1. The van der Waals surface area contributed by atoms with Crippen molar-refractivity contribution in [2.75, 3.05) is 0 Å². The maximum absolute atomic E-state index is 12.6. The van der Waals surface area contributed by atoms with Gasteiger partial charge in [0.1, 0.15) is 23.0 Å². The van der Waals surface area contributed by atoms with Gasteiger partial charge in [-0.15, -0.1) is 21.5 Å². The number of esters is 1. The maximum Gasteiger partial charge on any atom is 0.308 e. The molecule has 6 nitrogen and oxygen atoms in total. The van der Waals surface area contributed by atoms with Crippen molar-refractivity contribution >= 4 is 34.6 Å². The number of ether oxygens (including phenoxy) is 1. The molecular formula is C22H23ClN4O2S. The van der Waals surface area contributed by atoms with E-state index in [0.717, 1.165) is 27.4 Å². The van der Waals surface area contributed by atoms with Crippen molar-refractivity contribution in [3.05, 3.63) is 63.0 Å². The van der Waals surface area contributed by atoms with Gasteiger partial charge < -0.3 is 4.74 Å². The molecule has 1 atom stereocenters. The number of carbonyl (C=O) groups excluding carboxylic acids is 1. The van der Waals surface area contributed by atoms with Gasteiger partial charge >= 0.3 is 5.97 Å². The first-order valence-electron chi connectivity index (χ1n) is 9.70. The van der Waals surface area contributed by atoms with Gasteiger partial charge in [-0.05, 0) is 52.3 Å². The van der Waals surface area contributed by atoms with Crippen molar-refractivity contribution in [1.29, 1.82) is 0 Å². The molecule has 8 heteroatoms. The molecule has 0 radical (unpaired) electrons. The second-order valence-electron chi connectivity index (χ2n) is 8.31. The molecule has 0 saturated heterocycles. The van der Waals surface area contributed by atoms with Crippen molar-refractivity contribution in [2.24, 2.45) is 4.99 Å². The Labute approximate surface area is 184 Å². The summed E-state index contributed by atoms with van der Waals surface area (Å²) < 4.78 is 7.50. The smallest absolute Gasteiger partial charge is 0.308 e. The largest absolute Gasteiger partial charge is 0.460 e. The lowest BCUT2D eigenvalue weighted by molar-refractivity contribution is -0.155. The monoisotopic (exact) mass is 442 g/mol. The van der Waals surface area contributed by atoms with Crippen LogP contribution in [0.5, 0.6) is 0 Å². The predicted octanol–water partition coefficient (Wildman–Crippen LogP) is 5.22. The molecular weight excluding hydrogens is 420 g/mol. The zero-order chi connectivity index (χ0) is 21.6. The van der Waals surface area contributed by atoms with Crippen LogP contribution in [-0.4, -0.2) is 32.0 Å². The third kappa shape index (κ3) is 3.91. The highest BCUT2D eigenvalue weighted by Gasteiger charge is 2.32. The van der Waals surface area contributed by atoms with Crippen LogP contribution in [0, 0.1) is 13.8 Å². The van der Waals surface area contributed by atoms with E-state index in [9.17, 15) is 4.79 Å². The van der Waals surface area contributed by atoms with Crippen LogP contribution in [0.1, 0.15) is 60.6 Å². The number of thiophene rings is 1. The van der Waals surface area contributed by atoms with E-state index in [1.165, 1.54) is 4.88 Å². The van der Waals surface area contributed by atoms with E-state index < -0.39 is 11.6 Å². The minimum Gasteiger partial charge on any atom is -0.460 e. The third-order valence-corrected chi connectivity index (χ3v) is 6.34. The number of hydrogen-bond acceptors (Lipinski definition) is 6. The van der Waals surface area contributed by atoms with Crippen LogP contribution < -0.4 is 0 Å². The summed E-state index contributed by atoms with van der Waals surface area (Å²) >= 11 is 7.78. The van der Waals surface area contributed by atoms with Gasteiger partial charge in [-0.2, -0.15) is 0 Å². The topological polar surface area (TPSA) is 69.4 Å². The molecule has 0 amide bonds. The molecule has 3 aromatic rings. The van der Waals surface area contributed by atoms with Crippen LogP contribution in [0.4, 0.5) is 0 Å². The van der Waals surface area contributed by atoms with Crippen molar-refractivity contribution in [3.8, 4) is 5.00 Å². The van der Waals surface area contributed by atoms with Crippen molar-refractivity contribution in [1.82, 2.24) is 14.8 Å². The number of hydrogen-bond donors (Lipinski definition) is 0. The lowest BCUT2D eigenvalue weighted by Gasteiger charge is -2.20. The summed E-state index contributed by atoms with van der Waals surface area (Å²) in [6.45, 7) is 9.75. The fourth-order valence-corrected chi connectivity index (χ4v) is 4.73. The summed E-state index contributed by atoms with van der Waals surface area (Å²) in [7, 11) is 0. The molecule has 156 valence electrons. The van der Waals surface area contributed by atoms with Gasteiger partial charge in [0.15, 0.2) is 5.82 Å². The second-order valence-corrected chi connectivity index (χ2v) is 9.95. The van der Waals surface area contributed by atoms with Gasteiger partial charge in [0.25, 0.3) is 0 Å². The number of rotatable bonds is 3. The van der Waals surface area contributed by atoms with Gasteiger partial charge in [0, 0.05) is 21.0 Å². The number of aliphatic imine (C=N–C) groups is 1. The average molecular weight is 443 g/mol. The quantitative estimate of drug-likeness (QED) is 0.521. The van der Waals surface area contributed by atoms with Crippen LogP contribution >= 0.6 is 22.9 Å². The Kier molecular flexibility index (Phi) is 5.28. The first-order chi connectivity index (χ1) is 14.1. The summed E-state index contributed by atoms with van der Waals surface area (Å²) in [5.74, 6) is 0.312. The Bertz CT molecular complexity index is 1140. The first-order valence-corrected chi connectivity index (χ1v) is 10.9. The minimum atomic E-state index is -0.565. The molecule has 0 aliphatic carbocycles. The fourth-order valence-electron chi connectivity index (χ4n) is 3.47. The molecule has 2 aromatic heterocycles. The molecule has 0 bridgehead atoms. The lowest BCUT2D eigenvalue weighted by Crippen LogP contribution is -2.25.